The Kier molecular flexibility index (Phi) is 11.1. The Labute approximate surface area is 220 Å². The van der Waals surface area contributed by atoms with E-state index in [4.69, 9.17) is 4.74 Å². The molecule has 0 spiro atoms. The molecule has 0 saturated heterocycles. The van der Waals surface area contributed by atoms with Gasteiger partial charge < -0.3 is 14.9 Å². The summed E-state index contributed by atoms with van der Waals surface area (Å²) in [4.78, 5) is 30.8. The lowest BCUT2D eigenvalue weighted by Crippen LogP contribution is -2.45. The highest BCUT2D eigenvalue weighted by Gasteiger charge is 2.42. The highest BCUT2D eigenvalue weighted by Crippen LogP contribution is 2.32. The average Bonchev–Trinajstić information content (AvgIpc) is 3.28. The first-order valence-corrected chi connectivity index (χ1v) is 14.0. The monoisotopic (exact) mass is 519 g/mol. The van der Waals surface area contributed by atoms with Crippen molar-refractivity contribution in [1.29, 1.82) is 0 Å². The van der Waals surface area contributed by atoms with Gasteiger partial charge in [0.25, 0.3) is 0 Å². The van der Waals surface area contributed by atoms with Crippen LogP contribution in [-0.2, 0) is 14.3 Å². The van der Waals surface area contributed by atoms with E-state index >= 15 is 0 Å². The molecule has 1 aliphatic heterocycles. The zero-order chi connectivity index (χ0) is 27.2. The maximum atomic E-state index is 13.2. The first-order chi connectivity index (χ1) is 16.7. The number of esters is 1. The lowest BCUT2D eigenvalue weighted by molar-refractivity contribution is -0.154. The van der Waals surface area contributed by atoms with Crippen LogP contribution in [0, 0.1) is 17.3 Å². The van der Waals surface area contributed by atoms with Gasteiger partial charge in [-0.25, -0.2) is 4.98 Å². The van der Waals surface area contributed by atoms with Crippen LogP contribution < -0.4 is 0 Å². The highest BCUT2D eigenvalue weighted by atomic mass is 32.1. The number of ether oxygens (including phenoxy) is 1. The maximum Gasteiger partial charge on any atom is 0.309 e. The summed E-state index contributed by atoms with van der Waals surface area (Å²) in [6.45, 7) is 15.1. The minimum absolute atomic E-state index is 0.0469. The van der Waals surface area contributed by atoms with Gasteiger partial charge in [0.1, 0.15) is 11.9 Å². The Bertz CT molecular complexity index is 961. The molecule has 0 fully saturated rings. The first kappa shape index (κ1) is 30.4. The summed E-state index contributed by atoms with van der Waals surface area (Å²) in [6.07, 6.45) is 4.34. The molecule has 2 N–H and O–H groups in total. The zero-order valence-corrected chi connectivity index (χ0v) is 24.0. The lowest BCUT2D eigenvalue weighted by Gasteiger charge is -2.34. The summed E-state index contributed by atoms with van der Waals surface area (Å²) in [7, 11) is 0. The molecular formula is C29H45NO5S. The number of Topliss-reactive ketones (excluding diaryl/α,β-unsaturated/α-hetero) is 1. The second-order valence-corrected chi connectivity index (χ2v) is 12.3. The normalized spacial score (nSPS) is 31.1. The average molecular weight is 520 g/mol. The second-order valence-electron chi connectivity index (χ2n) is 11.4. The second kappa shape index (κ2) is 13.1. The van der Waals surface area contributed by atoms with Gasteiger partial charge in [-0.15, -0.1) is 11.3 Å². The third kappa shape index (κ3) is 8.09. The van der Waals surface area contributed by atoms with Gasteiger partial charge in [0.2, 0.25) is 0 Å². The first-order valence-electron chi connectivity index (χ1n) is 13.1. The Hall–Kier alpha value is -1.83. The van der Waals surface area contributed by atoms with Crippen LogP contribution in [0.25, 0.3) is 6.08 Å². The van der Waals surface area contributed by atoms with E-state index in [1.54, 1.807) is 32.1 Å². The molecule has 2 rings (SSSR count). The number of carbonyl (C=O) groups excluding carboxylic acids is 2. The van der Waals surface area contributed by atoms with E-state index in [9.17, 15) is 19.8 Å². The molecule has 1 aliphatic rings. The molecule has 0 unspecified atom stereocenters. The molecule has 7 heteroatoms. The summed E-state index contributed by atoms with van der Waals surface area (Å²) in [6, 6.07) is 0. The molecule has 2 heterocycles. The summed E-state index contributed by atoms with van der Waals surface area (Å²) in [5, 5.41) is 24.7. The van der Waals surface area contributed by atoms with Gasteiger partial charge in [-0.1, -0.05) is 53.2 Å². The highest BCUT2D eigenvalue weighted by molar-refractivity contribution is 7.09. The van der Waals surface area contributed by atoms with Crippen molar-refractivity contribution in [3.8, 4) is 0 Å². The van der Waals surface area contributed by atoms with Crippen molar-refractivity contribution in [1.82, 2.24) is 4.98 Å². The largest absolute Gasteiger partial charge is 0.457 e. The van der Waals surface area contributed by atoms with Crippen LogP contribution in [0.3, 0.4) is 0 Å². The van der Waals surface area contributed by atoms with Crippen LogP contribution in [0.1, 0.15) is 104 Å². The van der Waals surface area contributed by atoms with Gasteiger partial charge in [0, 0.05) is 23.6 Å². The number of carbonyl (C=O) groups is 2. The van der Waals surface area contributed by atoms with Crippen LogP contribution in [0.15, 0.2) is 22.6 Å². The minimum atomic E-state index is -1.22. The summed E-state index contributed by atoms with van der Waals surface area (Å²) < 4.78 is 5.85. The van der Waals surface area contributed by atoms with E-state index in [0.717, 1.165) is 35.5 Å². The SMILES string of the molecule is C/C1=C/C[C@@H](/C(C)=C/c2csc(C(C)C)n2)OC(=O)C[C@H](O)C(C)(C)C(=O)[C@H](C)[C@@H](O)[C@@H](C)CCC1. The van der Waals surface area contributed by atoms with Crippen molar-refractivity contribution >= 4 is 29.2 Å². The molecule has 1 aromatic rings. The fourth-order valence-corrected chi connectivity index (χ4v) is 5.38. The molecule has 36 heavy (non-hydrogen) atoms. The molecule has 1 aromatic heterocycles. The smallest absolute Gasteiger partial charge is 0.309 e. The van der Waals surface area contributed by atoms with E-state index in [1.165, 1.54) is 5.57 Å². The van der Waals surface area contributed by atoms with Crippen molar-refractivity contribution in [2.45, 2.75) is 112 Å². The molecule has 0 radical (unpaired) electrons. The van der Waals surface area contributed by atoms with Crippen molar-refractivity contribution < 1.29 is 24.5 Å². The van der Waals surface area contributed by atoms with Gasteiger partial charge in [-0.3, -0.25) is 9.59 Å². The molecule has 0 saturated carbocycles. The summed E-state index contributed by atoms with van der Waals surface area (Å²) in [5.41, 5.74) is 1.72. The van der Waals surface area contributed by atoms with Crippen molar-refractivity contribution in [2.75, 3.05) is 0 Å². The van der Waals surface area contributed by atoms with E-state index in [-0.39, 0.29) is 18.1 Å². The number of aliphatic hydroxyl groups excluding tert-OH is 2. The molecule has 5 atom stereocenters. The quantitative estimate of drug-likeness (QED) is 0.371. The zero-order valence-electron chi connectivity index (χ0n) is 23.2. The fraction of sp³-hybridized carbons (Fsp3) is 0.690. The van der Waals surface area contributed by atoms with Gasteiger partial charge in [0.05, 0.1) is 34.7 Å². The number of thiazole rings is 1. The van der Waals surface area contributed by atoms with Crippen molar-refractivity contribution in [2.24, 2.45) is 17.3 Å². The van der Waals surface area contributed by atoms with Crippen molar-refractivity contribution in [3.63, 3.8) is 0 Å². The number of ketones is 1. The Morgan fingerprint density at radius 3 is 2.53 bits per heavy atom. The molecular weight excluding hydrogens is 474 g/mol. The number of cyclic esters (lactones) is 1. The molecule has 0 amide bonds. The van der Waals surface area contributed by atoms with E-state index in [2.05, 4.69) is 31.8 Å². The van der Waals surface area contributed by atoms with E-state index < -0.39 is 35.6 Å². The molecule has 6 nitrogen and oxygen atoms in total. The van der Waals surface area contributed by atoms with Crippen molar-refractivity contribution in [3.05, 3.63) is 33.3 Å². The van der Waals surface area contributed by atoms with Gasteiger partial charge in [0.15, 0.2) is 0 Å². The lowest BCUT2D eigenvalue weighted by atomic mass is 9.73. The number of hydrogen-bond donors (Lipinski definition) is 2. The molecule has 0 bridgehead atoms. The van der Waals surface area contributed by atoms with Gasteiger partial charge in [-0.2, -0.15) is 0 Å². The van der Waals surface area contributed by atoms with Crippen LogP contribution in [0.2, 0.25) is 0 Å². The number of aliphatic hydroxyl groups is 2. The number of allylic oxidation sites excluding steroid dienone is 1. The summed E-state index contributed by atoms with van der Waals surface area (Å²) >= 11 is 1.62. The number of rotatable bonds is 3. The van der Waals surface area contributed by atoms with Crippen LogP contribution in [0.5, 0.6) is 0 Å². The summed E-state index contributed by atoms with van der Waals surface area (Å²) in [5.74, 6) is -1.14. The topological polar surface area (TPSA) is 96.7 Å². The Morgan fingerprint density at radius 2 is 1.92 bits per heavy atom. The minimum Gasteiger partial charge on any atom is -0.457 e. The number of hydrogen-bond acceptors (Lipinski definition) is 7. The van der Waals surface area contributed by atoms with Gasteiger partial charge >= 0.3 is 5.97 Å². The third-order valence-corrected chi connectivity index (χ3v) is 8.60. The molecule has 0 aliphatic carbocycles. The van der Waals surface area contributed by atoms with Crippen LogP contribution in [-0.4, -0.2) is 45.3 Å². The number of aromatic nitrogens is 1. The molecule has 0 aromatic carbocycles. The Morgan fingerprint density at radius 1 is 1.25 bits per heavy atom. The van der Waals surface area contributed by atoms with Crippen LogP contribution in [0.4, 0.5) is 0 Å². The predicted octanol–water partition coefficient (Wildman–Crippen LogP) is 6.08. The fourth-order valence-electron chi connectivity index (χ4n) is 4.59. The Balaban J connectivity index is 2.34. The number of nitrogens with zero attached hydrogens (tertiary/aromatic N) is 1. The van der Waals surface area contributed by atoms with Gasteiger partial charge in [-0.05, 0) is 50.7 Å². The molecule has 202 valence electrons. The maximum absolute atomic E-state index is 13.2. The van der Waals surface area contributed by atoms with E-state index in [1.807, 2.05) is 25.3 Å². The third-order valence-electron chi connectivity index (χ3n) is 7.44. The van der Waals surface area contributed by atoms with E-state index in [0.29, 0.717) is 12.3 Å². The predicted molar refractivity (Wildman–Crippen MR) is 146 cm³/mol. The standard InChI is InChI=1S/C29H45NO5S/c1-17(2)28-30-22(16-36-28)14-20(5)23-13-12-18(3)10-9-11-19(4)26(33)21(6)27(34)29(7,8)24(31)15-25(32)35-23/h12,14,16-17,19,21,23-24,26,31,33H,9-11,13,15H2,1-8H3/b18-12-,20-14+/t19-,21+,23-,24-,26-/m0/s1. The van der Waals surface area contributed by atoms with Crippen LogP contribution >= 0.6 is 11.3 Å².